The summed E-state index contributed by atoms with van der Waals surface area (Å²) in [6.45, 7) is 0. The van der Waals surface area contributed by atoms with E-state index >= 15 is 0 Å². The van der Waals surface area contributed by atoms with Crippen LogP contribution in [0.4, 0.5) is 5.69 Å². The summed E-state index contributed by atoms with van der Waals surface area (Å²) in [7, 11) is -3.38. The highest BCUT2D eigenvalue weighted by Crippen LogP contribution is 2.34. The Hall–Kier alpha value is -2.63. The van der Waals surface area contributed by atoms with Crippen molar-refractivity contribution >= 4 is 26.9 Å². The zero-order chi connectivity index (χ0) is 16.6. The topological polar surface area (TPSA) is 102 Å². The minimum Gasteiger partial charge on any atom is -0.399 e. The molecule has 0 spiro atoms. The second kappa shape index (κ2) is 5.53. The Morgan fingerprint density at radius 3 is 2.57 bits per heavy atom. The zero-order valence-electron chi connectivity index (χ0n) is 12.1. The molecular weight excluding hydrogens is 332 g/mol. The van der Waals surface area contributed by atoms with Crippen LogP contribution in [-0.4, -0.2) is 24.5 Å². The molecule has 2 N–H and O–H groups in total. The highest BCUT2D eigenvalue weighted by atomic mass is 32.2. The van der Waals surface area contributed by atoms with Gasteiger partial charge in [0.25, 0.3) is 0 Å². The number of benzene rings is 1. The van der Waals surface area contributed by atoms with Crippen molar-refractivity contribution in [3.8, 4) is 22.3 Å². The molecular formula is C15H12N4O2S2. The van der Waals surface area contributed by atoms with Gasteiger partial charge >= 0.3 is 0 Å². The van der Waals surface area contributed by atoms with Crippen LogP contribution in [0.2, 0.25) is 0 Å². The van der Waals surface area contributed by atoms with E-state index in [1.54, 1.807) is 46.5 Å². The normalized spacial score (nSPS) is 11.3. The Morgan fingerprint density at radius 2 is 1.96 bits per heavy atom. The molecule has 3 rings (SSSR count). The second-order valence-corrected chi connectivity index (χ2v) is 7.82. The lowest BCUT2D eigenvalue weighted by Crippen LogP contribution is -2.02. The molecule has 0 radical (unpaired) electrons. The summed E-state index contributed by atoms with van der Waals surface area (Å²) >= 11 is 1.29. The van der Waals surface area contributed by atoms with E-state index in [-0.39, 0.29) is 10.6 Å². The molecule has 2 heterocycles. The van der Waals surface area contributed by atoms with Crippen molar-refractivity contribution < 1.29 is 8.42 Å². The molecule has 0 aliphatic rings. The summed E-state index contributed by atoms with van der Waals surface area (Å²) in [4.78, 5) is 0.780. The fourth-order valence-electron chi connectivity index (χ4n) is 2.19. The largest absolute Gasteiger partial charge is 0.399 e. The van der Waals surface area contributed by atoms with Gasteiger partial charge in [0.2, 0.25) is 0 Å². The van der Waals surface area contributed by atoms with Gasteiger partial charge in [0, 0.05) is 18.0 Å². The molecule has 116 valence electrons. The summed E-state index contributed by atoms with van der Waals surface area (Å²) in [5.74, 6) is 0. The van der Waals surface area contributed by atoms with Gasteiger partial charge in [-0.2, -0.15) is 10.4 Å². The Bertz CT molecular complexity index is 1010. The summed E-state index contributed by atoms with van der Waals surface area (Å²) < 4.78 is 25.5. The number of hydrogen-bond donors (Lipinski definition) is 1. The van der Waals surface area contributed by atoms with E-state index in [0.29, 0.717) is 21.9 Å². The predicted molar refractivity (Wildman–Crippen MR) is 89.1 cm³/mol. The summed E-state index contributed by atoms with van der Waals surface area (Å²) in [6.07, 6.45) is 1.16. The summed E-state index contributed by atoms with van der Waals surface area (Å²) in [6, 6.07) is 12.1. The molecule has 0 saturated heterocycles. The van der Waals surface area contributed by atoms with Crippen LogP contribution in [0, 0.1) is 11.3 Å². The molecule has 2 aromatic heterocycles. The molecule has 0 amide bonds. The smallest absolute Gasteiger partial charge is 0.177 e. The number of nitrogen functional groups attached to an aromatic ring is 1. The third-order valence-corrected chi connectivity index (χ3v) is 5.43. The van der Waals surface area contributed by atoms with Crippen LogP contribution in [0.1, 0.15) is 5.69 Å². The maximum absolute atomic E-state index is 12.0. The lowest BCUT2D eigenvalue weighted by molar-refractivity contribution is 0.602. The fraction of sp³-hybridized carbons (Fsp3) is 0.0667. The predicted octanol–water partition coefficient (Wildman–Crippen LogP) is 2.46. The Labute approximate surface area is 137 Å². The minimum atomic E-state index is -3.38. The Morgan fingerprint density at radius 1 is 1.26 bits per heavy atom. The summed E-state index contributed by atoms with van der Waals surface area (Å²) in [5.41, 5.74) is 7.77. The van der Waals surface area contributed by atoms with Crippen LogP contribution in [0.25, 0.3) is 16.3 Å². The van der Waals surface area contributed by atoms with Crippen LogP contribution >= 0.6 is 11.3 Å². The van der Waals surface area contributed by atoms with Gasteiger partial charge < -0.3 is 5.73 Å². The zero-order valence-corrected chi connectivity index (χ0v) is 13.7. The SMILES string of the molecule is CS(=O)(=O)c1ccsc1-c1cc(C#N)nn1-c1ccc(N)cc1. The number of nitrogens with zero attached hydrogens (tertiary/aromatic N) is 3. The minimum absolute atomic E-state index is 0.213. The lowest BCUT2D eigenvalue weighted by Gasteiger charge is -2.08. The molecule has 0 aliphatic carbocycles. The maximum Gasteiger partial charge on any atom is 0.177 e. The van der Waals surface area contributed by atoms with Crippen LogP contribution in [0.5, 0.6) is 0 Å². The van der Waals surface area contributed by atoms with Crippen molar-refractivity contribution in [2.45, 2.75) is 4.90 Å². The van der Waals surface area contributed by atoms with Gasteiger partial charge in [0.15, 0.2) is 15.5 Å². The molecule has 0 fully saturated rings. The number of rotatable bonds is 3. The molecule has 0 saturated carbocycles. The fourth-order valence-corrected chi connectivity index (χ4v) is 4.42. The van der Waals surface area contributed by atoms with Crippen molar-refractivity contribution in [1.82, 2.24) is 9.78 Å². The van der Waals surface area contributed by atoms with Gasteiger partial charge in [-0.3, -0.25) is 0 Å². The molecule has 8 heteroatoms. The van der Waals surface area contributed by atoms with Crippen molar-refractivity contribution in [1.29, 1.82) is 5.26 Å². The number of aromatic nitrogens is 2. The lowest BCUT2D eigenvalue weighted by atomic mass is 10.2. The Balaban J connectivity index is 2.25. The number of hydrogen-bond acceptors (Lipinski definition) is 6. The molecule has 23 heavy (non-hydrogen) atoms. The van der Waals surface area contributed by atoms with Crippen LogP contribution in [0.15, 0.2) is 46.7 Å². The van der Waals surface area contributed by atoms with Crippen LogP contribution < -0.4 is 5.73 Å². The molecule has 0 aliphatic heterocycles. The monoisotopic (exact) mass is 344 g/mol. The highest BCUT2D eigenvalue weighted by Gasteiger charge is 2.21. The van der Waals surface area contributed by atoms with E-state index < -0.39 is 9.84 Å². The first kappa shape index (κ1) is 15.3. The maximum atomic E-state index is 12.0. The van der Waals surface area contributed by atoms with Crippen molar-refractivity contribution in [3.05, 3.63) is 47.5 Å². The first-order chi connectivity index (χ1) is 10.9. The van der Waals surface area contributed by atoms with Crippen LogP contribution in [0.3, 0.4) is 0 Å². The van der Waals surface area contributed by atoms with Crippen molar-refractivity contribution in [2.24, 2.45) is 0 Å². The number of nitrogens with two attached hydrogens (primary N) is 1. The number of thiophene rings is 1. The van der Waals surface area contributed by atoms with E-state index in [2.05, 4.69) is 5.10 Å². The average Bonchev–Trinajstić information content (AvgIpc) is 3.13. The van der Waals surface area contributed by atoms with Gasteiger partial charge in [-0.25, -0.2) is 13.1 Å². The molecule has 6 nitrogen and oxygen atoms in total. The average molecular weight is 344 g/mol. The Kier molecular flexibility index (Phi) is 3.67. The number of nitriles is 1. The van der Waals surface area contributed by atoms with Gasteiger partial charge in [0.1, 0.15) is 6.07 Å². The quantitative estimate of drug-likeness (QED) is 0.735. The number of sulfone groups is 1. The van der Waals surface area contributed by atoms with Gasteiger partial charge in [-0.1, -0.05) is 0 Å². The van der Waals surface area contributed by atoms with Gasteiger partial charge in [0.05, 0.1) is 21.2 Å². The first-order valence-corrected chi connectivity index (χ1v) is 9.31. The third kappa shape index (κ3) is 2.84. The molecule has 0 atom stereocenters. The van der Waals surface area contributed by atoms with Gasteiger partial charge in [-0.05, 0) is 35.7 Å². The van der Waals surface area contributed by atoms with Crippen LogP contribution in [-0.2, 0) is 9.84 Å². The highest BCUT2D eigenvalue weighted by molar-refractivity contribution is 7.91. The van der Waals surface area contributed by atoms with Crippen molar-refractivity contribution in [3.63, 3.8) is 0 Å². The first-order valence-electron chi connectivity index (χ1n) is 6.54. The van der Waals surface area contributed by atoms with E-state index in [0.717, 1.165) is 6.26 Å². The third-order valence-electron chi connectivity index (χ3n) is 3.22. The second-order valence-electron chi connectivity index (χ2n) is 4.92. The number of anilines is 1. The van der Waals surface area contributed by atoms with E-state index in [9.17, 15) is 8.42 Å². The van der Waals surface area contributed by atoms with E-state index in [1.807, 2.05) is 6.07 Å². The molecule has 0 bridgehead atoms. The molecule has 3 aromatic rings. The molecule has 0 unspecified atom stereocenters. The van der Waals surface area contributed by atoms with Gasteiger partial charge in [-0.15, -0.1) is 11.3 Å². The molecule has 1 aromatic carbocycles. The van der Waals surface area contributed by atoms with Crippen molar-refractivity contribution in [2.75, 3.05) is 12.0 Å². The standard InChI is InChI=1S/C15H12N4O2S2/c1-23(20,21)14-6-7-22-15(14)13-8-11(9-16)18-19(13)12-4-2-10(17)3-5-12/h2-8H,17H2,1H3. The summed E-state index contributed by atoms with van der Waals surface area (Å²) in [5, 5.41) is 15.1. The van der Waals surface area contributed by atoms with E-state index in [4.69, 9.17) is 11.0 Å². The van der Waals surface area contributed by atoms with E-state index in [1.165, 1.54) is 11.3 Å².